The summed E-state index contributed by atoms with van der Waals surface area (Å²) in [5.74, 6) is 0.0185. The molecule has 0 aromatic heterocycles. The van der Waals surface area contributed by atoms with Crippen LogP contribution >= 0.6 is 0 Å². The van der Waals surface area contributed by atoms with E-state index in [0.29, 0.717) is 26.2 Å². The van der Waals surface area contributed by atoms with Gasteiger partial charge in [-0.05, 0) is 27.7 Å². The van der Waals surface area contributed by atoms with Crippen molar-refractivity contribution in [2.75, 3.05) is 40.5 Å². The van der Waals surface area contributed by atoms with Gasteiger partial charge < -0.3 is 20.5 Å². The Kier molecular flexibility index (Phi) is 9.77. The van der Waals surface area contributed by atoms with Crippen LogP contribution in [0.5, 0.6) is 0 Å². The summed E-state index contributed by atoms with van der Waals surface area (Å²) < 4.78 is 10.4. The van der Waals surface area contributed by atoms with Crippen LogP contribution in [0, 0.1) is 0 Å². The van der Waals surface area contributed by atoms with Gasteiger partial charge in [-0.15, -0.1) is 0 Å². The van der Waals surface area contributed by atoms with Crippen molar-refractivity contribution in [3.63, 3.8) is 0 Å². The van der Waals surface area contributed by atoms with Gasteiger partial charge in [-0.2, -0.15) is 0 Å². The molecule has 0 saturated carbocycles. The third-order valence-electron chi connectivity index (χ3n) is 3.20. The van der Waals surface area contributed by atoms with Gasteiger partial charge in [-0.3, -0.25) is 9.69 Å². The standard InChI is InChI=1S/C15H33N3O3/c1-12(11-21-6)18(7-8-20-5)13(10-16)9-14(19)17-15(2,3)4/h12-13H,7-11,16H2,1-6H3,(H,17,19). The normalized spacial score (nSPS) is 15.0. The highest BCUT2D eigenvalue weighted by Gasteiger charge is 2.26. The second-order valence-electron chi connectivity index (χ2n) is 6.43. The number of nitrogens with zero attached hydrogens (tertiary/aromatic N) is 1. The molecule has 0 aliphatic heterocycles. The number of hydrogen-bond acceptors (Lipinski definition) is 5. The molecule has 0 aliphatic rings. The highest BCUT2D eigenvalue weighted by Crippen LogP contribution is 2.10. The molecule has 0 rings (SSSR count). The Bertz CT molecular complexity index is 292. The monoisotopic (exact) mass is 303 g/mol. The summed E-state index contributed by atoms with van der Waals surface area (Å²) in [5.41, 5.74) is 5.66. The number of rotatable bonds is 10. The summed E-state index contributed by atoms with van der Waals surface area (Å²) in [6.07, 6.45) is 0.380. The van der Waals surface area contributed by atoms with Gasteiger partial charge in [0.25, 0.3) is 0 Å². The molecule has 0 aromatic rings. The molecule has 3 N–H and O–H groups in total. The van der Waals surface area contributed by atoms with E-state index in [2.05, 4.69) is 17.1 Å². The number of nitrogens with two attached hydrogens (primary N) is 1. The minimum Gasteiger partial charge on any atom is -0.383 e. The highest BCUT2D eigenvalue weighted by molar-refractivity contribution is 5.77. The number of carbonyl (C=O) groups excluding carboxylic acids is 1. The molecule has 21 heavy (non-hydrogen) atoms. The fourth-order valence-electron chi connectivity index (χ4n) is 2.32. The number of nitrogens with one attached hydrogen (secondary N) is 1. The maximum Gasteiger partial charge on any atom is 0.222 e. The van der Waals surface area contributed by atoms with Crippen LogP contribution in [-0.2, 0) is 14.3 Å². The van der Waals surface area contributed by atoms with Crippen molar-refractivity contribution in [2.24, 2.45) is 5.73 Å². The van der Waals surface area contributed by atoms with Crippen LogP contribution in [-0.4, -0.2) is 69.0 Å². The lowest BCUT2D eigenvalue weighted by Gasteiger charge is -2.35. The van der Waals surface area contributed by atoms with Gasteiger partial charge in [0.15, 0.2) is 0 Å². The van der Waals surface area contributed by atoms with Gasteiger partial charge in [-0.1, -0.05) is 0 Å². The lowest BCUT2D eigenvalue weighted by molar-refractivity contribution is -0.124. The first-order chi connectivity index (χ1) is 9.75. The van der Waals surface area contributed by atoms with Gasteiger partial charge in [0.05, 0.1) is 13.2 Å². The molecule has 2 unspecified atom stereocenters. The lowest BCUT2D eigenvalue weighted by atomic mass is 10.1. The predicted molar refractivity (Wildman–Crippen MR) is 85.3 cm³/mol. The molecule has 1 amide bonds. The minimum absolute atomic E-state index is 0.0185. The molecule has 0 aliphatic carbocycles. The Morgan fingerprint density at radius 1 is 1.29 bits per heavy atom. The molecule has 2 atom stereocenters. The molecule has 0 radical (unpaired) electrons. The zero-order valence-corrected chi connectivity index (χ0v) is 14.4. The van der Waals surface area contributed by atoms with Crippen LogP contribution in [0.2, 0.25) is 0 Å². The molecule has 0 heterocycles. The van der Waals surface area contributed by atoms with Crippen molar-refractivity contribution < 1.29 is 14.3 Å². The Hall–Kier alpha value is -0.690. The molecular formula is C15H33N3O3. The Morgan fingerprint density at radius 2 is 1.90 bits per heavy atom. The van der Waals surface area contributed by atoms with E-state index >= 15 is 0 Å². The Balaban J connectivity index is 4.75. The van der Waals surface area contributed by atoms with Gasteiger partial charge in [0, 0.05) is 51.4 Å². The van der Waals surface area contributed by atoms with Crippen molar-refractivity contribution in [1.82, 2.24) is 10.2 Å². The fraction of sp³-hybridized carbons (Fsp3) is 0.933. The topological polar surface area (TPSA) is 76.8 Å². The van der Waals surface area contributed by atoms with Gasteiger partial charge in [0.1, 0.15) is 0 Å². The van der Waals surface area contributed by atoms with E-state index in [1.54, 1.807) is 14.2 Å². The second kappa shape index (κ2) is 10.1. The molecule has 0 bridgehead atoms. The van der Waals surface area contributed by atoms with Gasteiger partial charge >= 0.3 is 0 Å². The van der Waals surface area contributed by atoms with E-state index in [1.165, 1.54) is 0 Å². The molecule has 126 valence electrons. The second-order valence-corrected chi connectivity index (χ2v) is 6.43. The molecular weight excluding hydrogens is 270 g/mol. The van der Waals surface area contributed by atoms with Crippen LogP contribution in [0.3, 0.4) is 0 Å². The molecule has 0 fully saturated rings. The van der Waals surface area contributed by atoms with E-state index in [4.69, 9.17) is 15.2 Å². The average Bonchev–Trinajstić information content (AvgIpc) is 2.35. The number of carbonyl (C=O) groups is 1. The quantitative estimate of drug-likeness (QED) is 0.618. The molecule has 0 saturated heterocycles. The first-order valence-corrected chi connectivity index (χ1v) is 7.49. The highest BCUT2D eigenvalue weighted by atomic mass is 16.5. The van der Waals surface area contributed by atoms with Crippen molar-refractivity contribution in [2.45, 2.75) is 51.7 Å². The van der Waals surface area contributed by atoms with E-state index in [1.807, 2.05) is 20.8 Å². The third-order valence-corrected chi connectivity index (χ3v) is 3.20. The minimum atomic E-state index is -0.230. The number of amides is 1. The van der Waals surface area contributed by atoms with E-state index < -0.39 is 0 Å². The maximum absolute atomic E-state index is 12.1. The summed E-state index contributed by atoms with van der Waals surface area (Å²) in [7, 11) is 3.34. The summed E-state index contributed by atoms with van der Waals surface area (Å²) in [6, 6.07) is 0.161. The molecule has 0 aromatic carbocycles. The van der Waals surface area contributed by atoms with Crippen LogP contribution in [0.25, 0.3) is 0 Å². The smallest absolute Gasteiger partial charge is 0.222 e. The summed E-state index contributed by atoms with van der Waals surface area (Å²) in [6.45, 7) is 10.3. The SMILES string of the molecule is COCCN(C(C)COC)C(CN)CC(=O)NC(C)(C)C. The van der Waals surface area contributed by atoms with Gasteiger partial charge in [-0.25, -0.2) is 0 Å². The summed E-state index contributed by atoms with van der Waals surface area (Å²) in [4.78, 5) is 14.3. The largest absolute Gasteiger partial charge is 0.383 e. The van der Waals surface area contributed by atoms with Crippen LogP contribution in [0.1, 0.15) is 34.1 Å². The molecule has 6 nitrogen and oxygen atoms in total. The van der Waals surface area contributed by atoms with Gasteiger partial charge in [0.2, 0.25) is 5.91 Å². The fourth-order valence-corrected chi connectivity index (χ4v) is 2.32. The van der Waals surface area contributed by atoms with Crippen molar-refractivity contribution in [3.05, 3.63) is 0 Å². The molecule has 6 heteroatoms. The van der Waals surface area contributed by atoms with E-state index in [0.717, 1.165) is 6.54 Å². The number of methoxy groups -OCH3 is 2. The maximum atomic E-state index is 12.1. The van der Waals surface area contributed by atoms with Crippen LogP contribution < -0.4 is 11.1 Å². The zero-order valence-electron chi connectivity index (χ0n) is 14.4. The Morgan fingerprint density at radius 3 is 2.33 bits per heavy atom. The first-order valence-electron chi connectivity index (χ1n) is 7.49. The first kappa shape index (κ1) is 20.3. The van der Waals surface area contributed by atoms with E-state index in [-0.39, 0.29) is 23.5 Å². The zero-order chi connectivity index (χ0) is 16.5. The van der Waals surface area contributed by atoms with E-state index in [9.17, 15) is 4.79 Å². The van der Waals surface area contributed by atoms with Crippen molar-refractivity contribution in [3.8, 4) is 0 Å². The van der Waals surface area contributed by atoms with Crippen molar-refractivity contribution >= 4 is 5.91 Å². The number of hydrogen-bond donors (Lipinski definition) is 2. The number of ether oxygens (including phenoxy) is 2. The van der Waals surface area contributed by atoms with Crippen molar-refractivity contribution in [1.29, 1.82) is 0 Å². The third kappa shape index (κ3) is 9.03. The average molecular weight is 303 g/mol. The predicted octanol–water partition coefficient (Wildman–Crippen LogP) is 0.602. The van der Waals surface area contributed by atoms with Crippen LogP contribution in [0.15, 0.2) is 0 Å². The van der Waals surface area contributed by atoms with Crippen LogP contribution in [0.4, 0.5) is 0 Å². The lowest BCUT2D eigenvalue weighted by Crippen LogP contribution is -2.52. The molecule has 0 spiro atoms. The summed E-state index contributed by atoms with van der Waals surface area (Å²) >= 11 is 0. The Labute approximate surface area is 129 Å². The summed E-state index contributed by atoms with van der Waals surface area (Å²) in [5, 5.41) is 2.98.